The fraction of sp³-hybridized carbons (Fsp3) is 0.167. The summed E-state index contributed by atoms with van der Waals surface area (Å²) >= 11 is 4.87. The molecule has 18 heavy (non-hydrogen) atoms. The normalized spacial score (nSPS) is 11.7. The second-order valence-corrected chi connectivity index (χ2v) is 7.85. The Bertz CT molecular complexity index is 632. The maximum atomic E-state index is 12.0. The van der Waals surface area contributed by atoms with Crippen molar-refractivity contribution < 1.29 is 8.42 Å². The zero-order valence-electron chi connectivity index (χ0n) is 9.68. The van der Waals surface area contributed by atoms with Crippen LogP contribution in [0.15, 0.2) is 45.8 Å². The lowest BCUT2D eigenvalue weighted by atomic mass is 10.4. The monoisotopic (exact) mass is 345 g/mol. The van der Waals surface area contributed by atoms with Crippen molar-refractivity contribution in [3.63, 3.8) is 0 Å². The predicted octanol–water partition coefficient (Wildman–Crippen LogP) is 3.30. The van der Waals surface area contributed by atoms with Gasteiger partial charge in [-0.2, -0.15) is 0 Å². The quantitative estimate of drug-likeness (QED) is 0.923. The van der Waals surface area contributed by atoms with E-state index in [1.165, 1.54) is 4.88 Å². The number of nitrogens with one attached hydrogen (secondary N) is 1. The van der Waals surface area contributed by atoms with Crippen LogP contribution in [-0.4, -0.2) is 8.42 Å². The van der Waals surface area contributed by atoms with E-state index in [1.807, 2.05) is 19.1 Å². The Morgan fingerprint density at radius 3 is 2.39 bits per heavy atom. The highest BCUT2D eigenvalue weighted by molar-refractivity contribution is 9.10. The molecule has 0 bridgehead atoms. The lowest BCUT2D eigenvalue weighted by molar-refractivity contribution is 0.582. The number of halogens is 1. The first kappa shape index (κ1) is 13.7. The Kier molecular flexibility index (Phi) is 4.21. The highest BCUT2D eigenvalue weighted by atomic mass is 79.9. The SMILES string of the molecule is Cc1ccc(CNS(=O)(=O)c2ccc(Br)cc2)s1. The van der Waals surface area contributed by atoms with Crippen LogP contribution >= 0.6 is 27.3 Å². The van der Waals surface area contributed by atoms with E-state index >= 15 is 0 Å². The molecule has 96 valence electrons. The van der Waals surface area contributed by atoms with Gasteiger partial charge < -0.3 is 0 Å². The van der Waals surface area contributed by atoms with Crippen LogP contribution in [0.3, 0.4) is 0 Å². The molecule has 0 atom stereocenters. The molecule has 2 rings (SSSR count). The molecule has 0 aliphatic carbocycles. The van der Waals surface area contributed by atoms with Crippen molar-refractivity contribution in [2.24, 2.45) is 0 Å². The minimum atomic E-state index is -3.43. The fourth-order valence-electron chi connectivity index (χ4n) is 1.44. The summed E-state index contributed by atoms with van der Waals surface area (Å²) < 4.78 is 27.5. The smallest absolute Gasteiger partial charge is 0.207 e. The van der Waals surface area contributed by atoms with Crippen LogP contribution in [0, 0.1) is 6.92 Å². The molecule has 0 saturated carbocycles. The zero-order chi connectivity index (χ0) is 13.2. The first-order valence-electron chi connectivity index (χ1n) is 5.28. The molecule has 2 aromatic rings. The topological polar surface area (TPSA) is 46.2 Å². The van der Waals surface area contributed by atoms with E-state index in [4.69, 9.17) is 0 Å². The predicted molar refractivity (Wildman–Crippen MR) is 77.2 cm³/mol. The molecule has 0 unspecified atom stereocenters. The van der Waals surface area contributed by atoms with Gasteiger partial charge in [0.1, 0.15) is 0 Å². The fourth-order valence-corrected chi connectivity index (χ4v) is 3.64. The van der Waals surface area contributed by atoms with Crippen LogP contribution in [0.2, 0.25) is 0 Å². The van der Waals surface area contributed by atoms with Crippen molar-refractivity contribution in [3.05, 3.63) is 50.6 Å². The summed E-state index contributed by atoms with van der Waals surface area (Å²) in [4.78, 5) is 2.46. The summed E-state index contributed by atoms with van der Waals surface area (Å²) in [5.41, 5.74) is 0. The summed E-state index contributed by atoms with van der Waals surface area (Å²) in [6.45, 7) is 2.33. The molecule has 0 spiro atoms. The van der Waals surface area contributed by atoms with Gasteiger partial charge in [-0.3, -0.25) is 0 Å². The van der Waals surface area contributed by atoms with Gasteiger partial charge >= 0.3 is 0 Å². The average Bonchev–Trinajstić information content (AvgIpc) is 2.73. The van der Waals surface area contributed by atoms with E-state index in [1.54, 1.807) is 35.6 Å². The standard InChI is InChI=1S/C12H12BrNO2S2/c1-9-2-5-11(17-9)8-14-18(15,16)12-6-3-10(13)4-7-12/h2-7,14H,8H2,1H3. The van der Waals surface area contributed by atoms with Gasteiger partial charge in [0.2, 0.25) is 10.0 Å². The number of thiophene rings is 1. The van der Waals surface area contributed by atoms with E-state index in [9.17, 15) is 8.42 Å². The zero-order valence-corrected chi connectivity index (χ0v) is 12.9. The number of rotatable bonds is 4. The van der Waals surface area contributed by atoms with Crippen LogP contribution in [0.25, 0.3) is 0 Å². The van der Waals surface area contributed by atoms with Gasteiger partial charge in [0, 0.05) is 20.8 Å². The van der Waals surface area contributed by atoms with E-state index in [-0.39, 0.29) is 4.90 Å². The van der Waals surface area contributed by atoms with Gasteiger partial charge in [-0.05, 0) is 43.3 Å². The van der Waals surface area contributed by atoms with Crippen LogP contribution in [0.1, 0.15) is 9.75 Å². The van der Waals surface area contributed by atoms with Gasteiger partial charge in [-0.15, -0.1) is 11.3 Å². The molecule has 0 aliphatic rings. The lowest BCUT2D eigenvalue weighted by Crippen LogP contribution is -2.22. The summed E-state index contributed by atoms with van der Waals surface area (Å²) in [5.74, 6) is 0. The largest absolute Gasteiger partial charge is 0.240 e. The Labute approximate surface area is 119 Å². The number of sulfonamides is 1. The van der Waals surface area contributed by atoms with E-state index in [0.717, 1.165) is 9.35 Å². The highest BCUT2D eigenvalue weighted by Gasteiger charge is 2.13. The van der Waals surface area contributed by atoms with Crippen LogP contribution in [0.5, 0.6) is 0 Å². The number of hydrogen-bond donors (Lipinski definition) is 1. The van der Waals surface area contributed by atoms with E-state index in [2.05, 4.69) is 20.7 Å². The Morgan fingerprint density at radius 2 is 1.83 bits per heavy atom. The van der Waals surface area contributed by atoms with E-state index < -0.39 is 10.0 Å². The molecule has 1 aromatic heterocycles. The van der Waals surface area contributed by atoms with Crippen molar-refractivity contribution in [3.8, 4) is 0 Å². The second-order valence-electron chi connectivity index (χ2n) is 3.79. The van der Waals surface area contributed by atoms with Crippen molar-refractivity contribution in [1.29, 1.82) is 0 Å². The maximum absolute atomic E-state index is 12.0. The molecule has 0 radical (unpaired) electrons. The van der Waals surface area contributed by atoms with Crippen LogP contribution in [-0.2, 0) is 16.6 Å². The van der Waals surface area contributed by atoms with Gasteiger partial charge in [-0.1, -0.05) is 15.9 Å². The number of hydrogen-bond acceptors (Lipinski definition) is 3. The molecule has 1 N–H and O–H groups in total. The Morgan fingerprint density at radius 1 is 1.17 bits per heavy atom. The van der Waals surface area contributed by atoms with Crippen molar-refractivity contribution in [1.82, 2.24) is 4.72 Å². The lowest BCUT2D eigenvalue weighted by Gasteiger charge is -2.05. The van der Waals surface area contributed by atoms with Crippen LogP contribution in [0.4, 0.5) is 0 Å². The van der Waals surface area contributed by atoms with Gasteiger partial charge in [0.25, 0.3) is 0 Å². The minimum Gasteiger partial charge on any atom is -0.207 e. The molecule has 0 aliphatic heterocycles. The van der Waals surface area contributed by atoms with Crippen molar-refractivity contribution in [2.45, 2.75) is 18.4 Å². The first-order chi connectivity index (χ1) is 8.47. The molecule has 0 amide bonds. The minimum absolute atomic E-state index is 0.277. The van der Waals surface area contributed by atoms with Crippen molar-refractivity contribution >= 4 is 37.3 Å². The third-order valence-corrected chi connectivity index (χ3v) is 5.30. The second kappa shape index (κ2) is 5.52. The number of aryl methyl sites for hydroxylation is 1. The molecule has 0 fully saturated rings. The van der Waals surface area contributed by atoms with E-state index in [0.29, 0.717) is 6.54 Å². The molecular formula is C12H12BrNO2S2. The number of benzene rings is 1. The molecule has 0 saturated heterocycles. The summed E-state index contributed by atoms with van der Waals surface area (Å²) in [7, 11) is -3.43. The average molecular weight is 346 g/mol. The van der Waals surface area contributed by atoms with Gasteiger partial charge in [0.05, 0.1) is 4.90 Å². The molecule has 1 heterocycles. The Balaban J connectivity index is 2.10. The molecule has 6 heteroatoms. The van der Waals surface area contributed by atoms with Crippen LogP contribution < -0.4 is 4.72 Å². The third kappa shape index (κ3) is 3.41. The first-order valence-corrected chi connectivity index (χ1v) is 8.37. The summed E-state index contributed by atoms with van der Waals surface area (Å²) in [6, 6.07) is 10.5. The molecule has 3 nitrogen and oxygen atoms in total. The molecular weight excluding hydrogens is 334 g/mol. The summed E-state index contributed by atoms with van der Waals surface area (Å²) in [6.07, 6.45) is 0. The van der Waals surface area contributed by atoms with Gasteiger partial charge in [0.15, 0.2) is 0 Å². The van der Waals surface area contributed by atoms with Gasteiger partial charge in [-0.25, -0.2) is 13.1 Å². The van der Waals surface area contributed by atoms with Crippen molar-refractivity contribution in [2.75, 3.05) is 0 Å². The third-order valence-electron chi connectivity index (χ3n) is 2.36. The summed E-state index contributed by atoms with van der Waals surface area (Å²) in [5, 5.41) is 0. The molecule has 1 aromatic carbocycles. The maximum Gasteiger partial charge on any atom is 0.240 e. The Hall–Kier alpha value is -0.690. The highest BCUT2D eigenvalue weighted by Crippen LogP contribution is 2.17.